The predicted molar refractivity (Wildman–Crippen MR) is 108 cm³/mol. The first-order valence-corrected chi connectivity index (χ1v) is 10.4. The molecule has 2 aliphatic heterocycles. The summed E-state index contributed by atoms with van der Waals surface area (Å²) >= 11 is 0. The first kappa shape index (κ1) is 17.8. The fourth-order valence-electron chi connectivity index (χ4n) is 4.35. The molecule has 0 spiro atoms. The molecule has 148 valence electrons. The Morgan fingerprint density at radius 1 is 1.18 bits per heavy atom. The van der Waals surface area contributed by atoms with Crippen LogP contribution in [0.25, 0.3) is 16.9 Å². The van der Waals surface area contributed by atoms with E-state index in [1.54, 1.807) is 0 Å². The highest BCUT2D eigenvalue weighted by Crippen LogP contribution is 2.30. The molecule has 2 saturated heterocycles. The number of aromatic nitrogens is 4. The quantitative estimate of drug-likeness (QED) is 0.734. The third-order valence-corrected chi connectivity index (χ3v) is 6.10. The van der Waals surface area contributed by atoms with Gasteiger partial charge >= 0.3 is 0 Å². The Morgan fingerprint density at radius 3 is 2.68 bits per heavy atom. The smallest absolute Gasteiger partial charge is 0.291 e. The molecule has 7 heteroatoms. The molecule has 2 aromatic heterocycles. The molecule has 0 saturated carbocycles. The Labute approximate surface area is 165 Å². The predicted octanol–water partition coefficient (Wildman–Crippen LogP) is 2.93. The van der Waals surface area contributed by atoms with Gasteiger partial charge in [0, 0.05) is 30.9 Å². The summed E-state index contributed by atoms with van der Waals surface area (Å²) in [6, 6.07) is 8.26. The second-order valence-corrected chi connectivity index (χ2v) is 8.50. The van der Waals surface area contributed by atoms with Crippen LogP contribution in [0.15, 0.2) is 28.8 Å². The van der Waals surface area contributed by atoms with Crippen molar-refractivity contribution in [3.05, 3.63) is 35.9 Å². The number of hydrogen-bond acceptors (Lipinski definition) is 6. The third-order valence-electron chi connectivity index (χ3n) is 6.10. The van der Waals surface area contributed by atoms with Crippen LogP contribution in [0.3, 0.4) is 0 Å². The second kappa shape index (κ2) is 7.29. The van der Waals surface area contributed by atoms with Gasteiger partial charge in [0.15, 0.2) is 0 Å². The molecule has 0 atom stereocenters. The van der Waals surface area contributed by atoms with Gasteiger partial charge in [0.1, 0.15) is 0 Å². The number of para-hydroxylation sites is 1. The van der Waals surface area contributed by atoms with Gasteiger partial charge in [0.25, 0.3) is 5.95 Å². The SMILES string of the molecule is CC(C)c1nn(-c2noc(C3CCN(CC4CNC4)CC3)n2)c2ccccc12. The van der Waals surface area contributed by atoms with Crippen LogP contribution in [0.5, 0.6) is 0 Å². The first-order chi connectivity index (χ1) is 13.7. The molecular formula is C21H28N6O. The molecule has 0 radical (unpaired) electrons. The lowest BCUT2D eigenvalue weighted by molar-refractivity contribution is 0.149. The van der Waals surface area contributed by atoms with Crippen LogP contribution in [0, 0.1) is 5.92 Å². The number of likely N-dealkylation sites (tertiary alicyclic amines) is 1. The van der Waals surface area contributed by atoms with Crippen molar-refractivity contribution < 1.29 is 4.52 Å². The van der Waals surface area contributed by atoms with Crippen LogP contribution in [0.1, 0.15) is 50.1 Å². The van der Waals surface area contributed by atoms with Crippen molar-refractivity contribution in [2.24, 2.45) is 5.92 Å². The molecule has 4 heterocycles. The van der Waals surface area contributed by atoms with Gasteiger partial charge in [-0.05, 0) is 49.0 Å². The van der Waals surface area contributed by atoms with E-state index in [0.29, 0.717) is 17.8 Å². The van der Waals surface area contributed by atoms with Gasteiger partial charge in [-0.1, -0.05) is 32.0 Å². The minimum Gasteiger partial charge on any atom is -0.337 e. The van der Waals surface area contributed by atoms with Crippen LogP contribution in [-0.2, 0) is 0 Å². The van der Waals surface area contributed by atoms with Crippen LogP contribution < -0.4 is 5.32 Å². The lowest BCUT2D eigenvalue weighted by Gasteiger charge is -2.36. The number of benzene rings is 1. The molecule has 1 N–H and O–H groups in total. The molecule has 5 rings (SSSR count). The Kier molecular flexibility index (Phi) is 4.64. The normalized spacial score (nSPS) is 19.5. The van der Waals surface area contributed by atoms with Crippen LogP contribution in [0.2, 0.25) is 0 Å². The summed E-state index contributed by atoms with van der Waals surface area (Å²) < 4.78 is 7.51. The average molecular weight is 380 g/mol. The minimum atomic E-state index is 0.340. The zero-order valence-electron chi connectivity index (χ0n) is 16.6. The maximum absolute atomic E-state index is 5.68. The van der Waals surface area contributed by atoms with Gasteiger partial charge in [-0.3, -0.25) is 0 Å². The van der Waals surface area contributed by atoms with Crippen molar-refractivity contribution in [2.45, 2.75) is 38.5 Å². The maximum Gasteiger partial charge on any atom is 0.291 e. The highest BCUT2D eigenvalue weighted by atomic mass is 16.5. The molecule has 0 unspecified atom stereocenters. The molecule has 0 amide bonds. The number of piperidine rings is 1. The zero-order valence-corrected chi connectivity index (χ0v) is 16.6. The van der Waals surface area contributed by atoms with Crippen molar-refractivity contribution >= 4 is 10.9 Å². The molecule has 0 aliphatic carbocycles. The van der Waals surface area contributed by atoms with Gasteiger partial charge in [0.2, 0.25) is 5.89 Å². The zero-order chi connectivity index (χ0) is 19.1. The van der Waals surface area contributed by atoms with E-state index >= 15 is 0 Å². The summed E-state index contributed by atoms with van der Waals surface area (Å²) in [5, 5.41) is 13.6. The maximum atomic E-state index is 5.68. The molecular weight excluding hydrogens is 352 g/mol. The average Bonchev–Trinajstić information content (AvgIpc) is 3.30. The van der Waals surface area contributed by atoms with Gasteiger partial charge in [0.05, 0.1) is 11.2 Å². The van der Waals surface area contributed by atoms with Crippen LogP contribution >= 0.6 is 0 Å². The van der Waals surface area contributed by atoms with E-state index in [0.717, 1.165) is 54.3 Å². The molecule has 1 aromatic carbocycles. The Morgan fingerprint density at radius 2 is 1.96 bits per heavy atom. The molecule has 28 heavy (non-hydrogen) atoms. The topological polar surface area (TPSA) is 72.0 Å². The van der Waals surface area contributed by atoms with Gasteiger partial charge in [-0.25, -0.2) is 0 Å². The lowest BCUT2D eigenvalue weighted by atomic mass is 9.95. The second-order valence-electron chi connectivity index (χ2n) is 8.50. The number of rotatable bonds is 5. The number of nitrogens with one attached hydrogen (secondary N) is 1. The van der Waals surface area contributed by atoms with Crippen LogP contribution in [0.4, 0.5) is 0 Å². The Balaban J connectivity index is 1.34. The van der Waals surface area contributed by atoms with Gasteiger partial charge in [-0.15, -0.1) is 0 Å². The Bertz CT molecular complexity index is 949. The standard InChI is InChI=1S/C21H28N6O/c1-14(2)19-17-5-3-4-6-18(17)27(24-19)21-23-20(28-25-21)16-7-9-26(10-8-16)13-15-11-22-12-15/h3-6,14-16,22H,7-13H2,1-2H3. The number of fused-ring (bicyclic) bond motifs is 1. The summed E-state index contributed by atoms with van der Waals surface area (Å²) in [5.41, 5.74) is 2.10. The highest BCUT2D eigenvalue weighted by molar-refractivity contribution is 5.83. The molecule has 0 bridgehead atoms. The van der Waals surface area contributed by atoms with E-state index in [2.05, 4.69) is 47.4 Å². The monoisotopic (exact) mass is 380 g/mol. The van der Waals surface area contributed by atoms with E-state index in [-0.39, 0.29) is 0 Å². The van der Waals surface area contributed by atoms with E-state index in [9.17, 15) is 0 Å². The van der Waals surface area contributed by atoms with Crippen LogP contribution in [-0.4, -0.2) is 57.5 Å². The van der Waals surface area contributed by atoms with E-state index in [1.165, 1.54) is 19.6 Å². The summed E-state index contributed by atoms with van der Waals surface area (Å²) in [7, 11) is 0. The van der Waals surface area contributed by atoms with Crippen molar-refractivity contribution in [3.8, 4) is 5.95 Å². The van der Waals surface area contributed by atoms with Crippen molar-refractivity contribution in [3.63, 3.8) is 0 Å². The summed E-state index contributed by atoms with van der Waals surface area (Å²) in [4.78, 5) is 7.31. The molecule has 7 nitrogen and oxygen atoms in total. The lowest BCUT2D eigenvalue weighted by Crippen LogP contribution is -2.49. The van der Waals surface area contributed by atoms with Crippen molar-refractivity contribution in [1.82, 2.24) is 30.1 Å². The number of nitrogens with zero attached hydrogens (tertiary/aromatic N) is 5. The molecule has 2 fully saturated rings. The van der Waals surface area contributed by atoms with E-state index < -0.39 is 0 Å². The van der Waals surface area contributed by atoms with Gasteiger partial charge < -0.3 is 14.7 Å². The summed E-state index contributed by atoms with van der Waals surface area (Å²) in [5.74, 6) is 2.82. The van der Waals surface area contributed by atoms with Crippen molar-refractivity contribution in [1.29, 1.82) is 0 Å². The van der Waals surface area contributed by atoms with Crippen molar-refractivity contribution in [2.75, 3.05) is 32.7 Å². The number of hydrogen-bond donors (Lipinski definition) is 1. The van der Waals surface area contributed by atoms with E-state index in [4.69, 9.17) is 14.6 Å². The fourth-order valence-corrected chi connectivity index (χ4v) is 4.35. The Hall–Kier alpha value is -2.25. The van der Waals surface area contributed by atoms with Gasteiger partial charge in [-0.2, -0.15) is 14.8 Å². The molecule has 3 aromatic rings. The third kappa shape index (κ3) is 3.22. The first-order valence-electron chi connectivity index (χ1n) is 10.4. The summed E-state index contributed by atoms with van der Waals surface area (Å²) in [6.45, 7) is 10.1. The molecule has 2 aliphatic rings. The largest absolute Gasteiger partial charge is 0.337 e. The van der Waals surface area contributed by atoms with E-state index in [1.807, 2.05) is 10.7 Å². The minimum absolute atomic E-state index is 0.340. The fraction of sp³-hybridized carbons (Fsp3) is 0.571. The summed E-state index contributed by atoms with van der Waals surface area (Å²) in [6.07, 6.45) is 2.16. The highest BCUT2D eigenvalue weighted by Gasteiger charge is 2.28.